The molecule has 27 heavy (non-hydrogen) atoms. The third kappa shape index (κ3) is 5.40. The Bertz CT molecular complexity index is 856. The van der Waals surface area contributed by atoms with Crippen molar-refractivity contribution in [1.82, 2.24) is 0 Å². The lowest BCUT2D eigenvalue weighted by Gasteiger charge is -2.07. The molecule has 1 nitrogen and oxygen atoms in total. The minimum atomic E-state index is 0.121. The van der Waals surface area contributed by atoms with Crippen molar-refractivity contribution >= 4 is 5.78 Å². The van der Waals surface area contributed by atoms with Gasteiger partial charge >= 0.3 is 0 Å². The summed E-state index contributed by atoms with van der Waals surface area (Å²) in [5, 5.41) is 0. The van der Waals surface area contributed by atoms with Crippen molar-refractivity contribution in [3.63, 3.8) is 0 Å². The van der Waals surface area contributed by atoms with E-state index in [9.17, 15) is 4.79 Å². The topological polar surface area (TPSA) is 17.1 Å². The first-order valence-corrected chi connectivity index (χ1v) is 9.94. The smallest absolute Gasteiger partial charge is 0.159 e. The number of ketones is 1. The molecule has 3 aromatic carbocycles. The number of carbonyl (C=O) groups excluding carboxylic acids is 1. The van der Waals surface area contributed by atoms with Gasteiger partial charge < -0.3 is 0 Å². The van der Waals surface area contributed by atoms with Crippen molar-refractivity contribution in [2.24, 2.45) is 0 Å². The van der Waals surface area contributed by atoms with E-state index in [1.807, 2.05) is 12.1 Å². The van der Waals surface area contributed by atoms with Crippen molar-refractivity contribution in [3.8, 4) is 11.1 Å². The van der Waals surface area contributed by atoms with E-state index >= 15 is 0 Å². The zero-order chi connectivity index (χ0) is 19.1. The average molecular weight is 357 g/mol. The van der Waals surface area contributed by atoms with Crippen LogP contribution >= 0.6 is 0 Å². The highest BCUT2D eigenvalue weighted by Crippen LogP contribution is 2.21. The lowest BCUT2D eigenvalue weighted by atomic mass is 9.98. The third-order valence-corrected chi connectivity index (χ3v) is 5.12. The average Bonchev–Trinajstić information content (AvgIpc) is 2.72. The second kappa shape index (κ2) is 9.32. The van der Waals surface area contributed by atoms with Gasteiger partial charge in [0.15, 0.2) is 5.78 Å². The predicted molar refractivity (Wildman–Crippen MR) is 114 cm³/mol. The first kappa shape index (κ1) is 19.1. The number of aryl methyl sites for hydroxylation is 3. The Kier molecular flexibility index (Phi) is 6.59. The first-order valence-electron chi connectivity index (χ1n) is 9.94. The zero-order valence-corrected chi connectivity index (χ0v) is 16.4. The van der Waals surface area contributed by atoms with E-state index in [1.54, 1.807) is 6.92 Å². The van der Waals surface area contributed by atoms with E-state index in [-0.39, 0.29) is 5.78 Å². The fraction of sp³-hybridized carbons (Fsp3) is 0.269. The first-order chi connectivity index (χ1) is 13.2. The van der Waals surface area contributed by atoms with Crippen LogP contribution in [0.3, 0.4) is 0 Å². The van der Waals surface area contributed by atoms with Gasteiger partial charge in [0, 0.05) is 5.56 Å². The van der Waals surface area contributed by atoms with Crippen LogP contribution in [0.2, 0.25) is 0 Å². The van der Waals surface area contributed by atoms with Crippen LogP contribution in [0.25, 0.3) is 11.1 Å². The second-order valence-electron chi connectivity index (χ2n) is 7.25. The molecule has 0 heterocycles. The molecule has 0 N–H and O–H groups in total. The second-order valence-corrected chi connectivity index (χ2v) is 7.25. The monoisotopic (exact) mass is 356 g/mol. The van der Waals surface area contributed by atoms with Gasteiger partial charge in [0.2, 0.25) is 0 Å². The molecule has 0 aliphatic rings. The maximum absolute atomic E-state index is 11.3. The number of hydrogen-bond acceptors (Lipinski definition) is 1. The van der Waals surface area contributed by atoms with Gasteiger partial charge in [-0.25, -0.2) is 0 Å². The van der Waals surface area contributed by atoms with E-state index in [4.69, 9.17) is 0 Å². The van der Waals surface area contributed by atoms with Crippen molar-refractivity contribution in [1.29, 1.82) is 0 Å². The number of carbonyl (C=O) groups is 1. The van der Waals surface area contributed by atoms with Crippen LogP contribution in [0.15, 0.2) is 72.8 Å². The quantitative estimate of drug-likeness (QED) is 0.411. The van der Waals surface area contributed by atoms with Gasteiger partial charge in [-0.3, -0.25) is 4.79 Å². The molecule has 1 heteroatoms. The largest absolute Gasteiger partial charge is 0.295 e. The number of unbranched alkanes of at least 4 members (excludes halogenated alkanes) is 1. The van der Waals surface area contributed by atoms with Crippen molar-refractivity contribution in [3.05, 3.63) is 95.1 Å². The van der Waals surface area contributed by atoms with E-state index < -0.39 is 0 Å². The molecule has 3 rings (SSSR count). The number of Topliss-reactive ketones (excluding diaryl/α,β-unsaturated/α-hetero) is 1. The van der Waals surface area contributed by atoms with E-state index in [0.717, 1.165) is 18.4 Å². The van der Waals surface area contributed by atoms with Crippen LogP contribution in [0.4, 0.5) is 0 Å². The Hall–Kier alpha value is -2.67. The molecule has 0 amide bonds. The summed E-state index contributed by atoms with van der Waals surface area (Å²) < 4.78 is 0. The normalized spacial score (nSPS) is 10.7. The van der Waals surface area contributed by atoms with Crippen molar-refractivity contribution < 1.29 is 4.79 Å². The molecule has 0 spiro atoms. The molecule has 0 saturated carbocycles. The number of rotatable bonds is 8. The predicted octanol–water partition coefficient (Wildman–Crippen LogP) is 6.68. The highest BCUT2D eigenvalue weighted by Gasteiger charge is 2.02. The molecule has 0 atom stereocenters. The Morgan fingerprint density at radius 2 is 1.04 bits per heavy atom. The maximum atomic E-state index is 11.3. The highest BCUT2D eigenvalue weighted by atomic mass is 16.1. The summed E-state index contributed by atoms with van der Waals surface area (Å²) in [7, 11) is 0. The summed E-state index contributed by atoms with van der Waals surface area (Å²) in [4.78, 5) is 11.3. The van der Waals surface area contributed by atoms with Crippen LogP contribution in [0, 0.1) is 0 Å². The van der Waals surface area contributed by atoms with Crippen LogP contribution in [-0.4, -0.2) is 5.78 Å². The van der Waals surface area contributed by atoms with Crippen molar-refractivity contribution in [2.75, 3.05) is 0 Å². The Labute approximate surface area is 163 Å². The molecule has 0 bridgehead atoms. The van der Waals surface area contributed by atoms with Gasteiger partial charge in [0.25, 0.3) is 0 Å². The van der Waals surface area contributed by atoms with E-state index in [2.05, 4.69) is 67.6 Å². The molecular weight excluding hydrogens is 328 g/mol. The zero-order valence-electron chi connectivity index (χ0n) is 16.4. The summed E-state index contributed by atoms with van der Waals surface area (Å²) in [6, 6.07) is 25.8. The summed E-state index contributed by atoms with van der Waals surface area (Å²) in [5.41, 5.74) is 7.37. The number of hydrogen-bond donors (Lipinski definition) is 0. The van der Waals surface area contributed by atoms with Crippen LogP contribution in [0.1, 0.15) is 53.7 Å². The maximum Gasteiger partial charge on any atom is 0.159 e. The summed E-state index contributed by atoms with van der Waals surface area (Å²) in [6.07, 6.45) is 5.66. The van der Waals surface area contributed by atoms with Crippen molar-refractivity contribution in [2.45, 2.75) is 46.0 Å². The molecule has 138 valence electrons. The molecular formula is C26H28O. The summed E-state index contributed by atoms with van der Waals surface area (Å²) >= 11 is 0. The Morgan fingerprint density at radius 1 is 0.630 bits per heavy atom. The standard InChI is InChI=1S/C26H28O/c1-3-4-5-21-10-16-25(17-11-21)26-18-12-23(13-19-26)7-6-22-8-14-24(15-9-22)20(2)27/h8-19H,3-7H2,1-2H3. The molecule has 0 aromatic heterocycles. The molecule has 0 saturated heterocycles. The molecule has 0 aliphatic heterocycles. The van der Waals surface area contributed by atoms with Gasteiger partial charge in [-0.2, -0.15) is 0 Å². The summed E-state index contributed by atoms with van der Waals surface area (Å²) in [6.45, 7) is 3.84. The van der Waals surface area contributed by atoms with Gasteiger partial charge in [0.1, 0.15) is 0 Å². The van der Waals surface area contributed by atoms with E-state index in [0.29, 0.717) is 0 Å². The fourth-order valence-corrected chi connectivity index (χ4v) is 3.30. The molecule has 0 fully saturated rings. The Balaban J connectivity index is 1.59. The van der Waals surface area contributed by atoms with Crippen LogP contribution < -0.4 is 0 Å². The summed E-state index contributed by atoms with van der Waals surface area (Å²) in [5.74, 6) is 0.121. The third-order valence-electron chi connectivity index (χ3n) is 5.12. The van der Waals surface area contributed by atoms with Gasteiger partial charge in [-0.1, -0.05) is 86.1 Å². The molecule has 0 aliphatic carbocycles. The van der Waals surface area contributed by atoms with Gasteiger partial charge in [0.05, 0.1) is 0 Å². The van der Waals surface area contributed by atoms with Gasteiger partial charge in [-0.05, 0) is 60.4 Å². The van der Waals surface area contributed by atoms with Crippen LogP contribution in [-0.2, 0) is 19.3 Å². The SMILES string of the molecule is CCCCc1ccc(-c2ccc(CCc3ccc(C(C)=O)cc3)cc2)cc1. The molecule has 0 radical (unpaired) electrons. The lowest BCUT2D eigenvalue weighted by molar-refractivity contribution is 0.101. The fourth-order valence-electron chi connectivity index (χ4n) is 3.30. The van der Waals surface area contributed by atoms with Gasteiger partial charge in [-0.15, -0.1) is 0 Å². The van der Waals surface area contributed by atoms with E-state index in [1.165, 1.54) is 47.1 Å². The Morgan fingerprint density at radius 3 is 1.44 bits per heavy atom. The number of benzene rings is 3. The highest BCUT2D eigenvalue weighted by molar-refractivity contribution is 5.94. The van der Waals surface area contributed by atoms with Crippen LogP contribution in [0.5, 0.6) is 0 Å². The minimum Gasteiger partial charge on any atom is -0.295 e. The molecule has 3 aromatic rings. The lowest BCUT2D eigenvalue weighted by Crippen LogP contribution is -1.95. The minimum absolute atomic E-state index is 0.121. The molecule has 0 unspecified atom stereocenters.